The van der Waals surface area contributed by atoms with Gasteiger partial charge >= 0.3 is 0 Å². The van der Waals surface area contributed by atoms with Crippen molar-refractivity contribution in [3.05, 3.63) is 283 Å². The van der Waals surface area contributed by atoms with Crippen molar-refractivity contribution in [2.45, 2.75) is 117 Å². The molecule has 20 rings (SSSR count). The average molecular weight is 1500 g/mol. The molecular weight excluding hydrogens is 1390 g/mol. The zero-order chi connectivity index (χ0) is 94.2. The lowest BCUT2D eigenvalue weighted by molar-refractivity contribution is -0.660. The Bertz CT molecular complexity index is 8210. The van der Waals surface area contributed by atoms with Crippen molar-refractivity contribution in [2.24, 2.45) is 28.2 Å². The number of para-hydroxylation sites is 1. The lowest BCUT2D eigenvalue weighted by Crippen LogP contribution is -2.31. The monoisotopic (exact) mass is 1500 g/mol. The lowest BCUT2D eigenvalue weighted by atomic mass is 9.96. The quantitative estimate of drug-likeness (QED) is 0.160. The Labute approximate surface area is 683 Å². The molecule has 0 saturated heterocycles. The van der Waals surface area contributed by atoms with Gasteiger partial charge in [-0.15, -0.1) is 0 Å². The molecule has 12 heteroatoms. The molecule has 0 unspecified atom stereocenters. The second-order valence-corrected chi connectivity index (χ2v) is 30.3. The van der Waals surface area contributed by atoms with Gasteiger partial charge in [0, 0.05) is 143 Å². The first-order chi connectivity index (χ1) is 61.4. The minimum absolute atomic E-state index is 0.184. The van der Waals surface area contributed by atoms with E-state index in [0.29, 0.717) is 83.2 Å². The first-order valence-corrected chi connectivity index (χ1v) is 37.4. The normalized spacial score (nSPS) is 14.8. The minimum atomic E-state index is -2.37. The highest BCUT2D eigenvalue weighted by atomic mass is 16.3. The molecule has 0 aliphatic carbocycles. The topological polar surface area (TPSA) is 120 Å². The van der Waals surface area contributed by atoms with E-state index in [1.54, 1.807) is 75.4 Å². The standard InChI is InChI=1S/C26H25N2O.3C25H23N2O/c1-14-7-8-19-21-11-20-16(3)9-18(5)27-22(20)12-24(21)29-26(19)25(14)23-10-15(2)17(4)13-28(23)6;1-14-6-9-19-20-11-18-8-7-17(4)26-21(18)12-23(20)28-25(19)24(14)22-10-15(2)16(3)13-27(22)5;1-14-7-6-8-20-19(14)12-22-24(26-20)18-10-9-15(2)23(25(18)28-22)21-11-16(3)17(4)13-27(21)5;1-14-11-20(27(5)13-17(14)4)22-15(2)10-16(3)23-24-21(28-25(22)23)12-18-8-6-7-9-19(18)26-24/h7-13H,1-6H3;3*6-13H,1-5H3/q4*+1/i3D3,4D3;3D3;4D3;3D3,4D3. The van der Waals surface area contributed by atoms with E-state index < -0.39 is 41.1 Å². The Kier molecular flexibility index (Phi) is 13.5. The maximum Gasteiger partial charge on any atom is 0.216 e. The predicted molar refractivity (Wildman–Crippen MR) is 463 cm³/mol. The third kappa shape index (κ3) is 12.6. The molecule has 0 radical (unpaired) electrons. The van der Waals surface area contributed by atoms with Gasteiger partial charge in [-0.25, -0.2) is 28.2 Å². The summed E-state index contributed by atoms with van der Waals surface area (Å²) in [7, 11) is 7.36. The van der Waals surface area contributed by atoms with E-state index in [9.17, 15) is 0 Å². The van der Waals surface area contributed by atoms with Crippen molar-refractivity contribution in [3.63, 3.8) is 0 Å². The Morgan fingerprint density at radius 1 is 0.257 bits per heavy atom. The molecule has 0 N–H and O–H groups in total. The number of aryl methyl sites for hydroxylation is 21. The number of fused-ring (bicyclic) bond motifs is 16. The van der Waals surface area contributed by atoms with Crippen LogP contribution < -0.4 is 18.3 Å². The summed E-state index contributed by atoms with van der Waals surface area (Å²) >= 11 is 0. The molecule has 0 bridgehead atoms. The van der Waals surface area contributed by atoms with Crippen LogP contribution in [-0.4, -0.2) is 19.9 Å². The van der Waals surface area contributed by atoms with Crippen molar-refractivity contribution in [3.8, 4) is 45.0 Å². The van der Waals surface area contributed by atoms with E-state index in [1.807, 2.05) is 173 Å². The number of pyridine rings is 8. The van der Waals surface area contributed by atoms with Crippen molar-refractivity contribution in [1.82, 2.24) is 19.9 Å². The number of hydrogen-bond donors (Lipinski definition) is 0. The minimum Gasteiger partial charge on any atom is -0.455 e. The van der Waals surface area contributed by atoms with Crippen LogP contribution in [0.2, 0.25) is 0 Å². The van der Waals surface area contributed by atoms with Gasteiger partial charge in [0.2, 0.25) is 22.8 Å². The Morgan fingerprint density at radius 3 is 1.26 bits per heavy atom. The van der Waals surface area contributed by atoms with Gasteiger partial charge in [0.1, 0.15) is 61.6 Å². The number of rotatable bonds is 4. The van der Waals surface area contributed by atoms with Crippen molar-refractivity contribution < 1.29 is 60.6 Å². The zero-order valence-corrected chi connectivity index (χ0v) is 65.6. The highest BCUT2D eigenvalue weighted by molar-refractivity contribution is 6.16. The van der Waals surface area contributed by atoms with Crippen molar-refractivity contribution >= 4 is 132 Å². The summed E-state index contributed by atoms with van der Waals surface area (Å²) in [6.45, 7) is 7.65. The Hall–Kier alpha value is -12.8. The third-order valence-electron chi connectivity index (χ3n) is 22.1. The fourth-order valence-corrected chi connectivity index (χ4v) is 16.0. The van der Waals surface area contributed by atoms with Gasteiger partial charge in [0.25, 0.3) is 0 Å². The summed E-state index contributed by atoms with van der Waals surface area (Å²) in [5, 5.41) is 8.80. The second kappa shape index (κ2) is 27.9. The van der Waals surface area contributed by atoms with Crippen LogP contribution in [-0.2, 0) is 28.2 Å². The van der Waals surface area contributed by atoms with E-state index in [2.05, 4.69) is 72.3 Å². The Balaban J connectivity index is 0.000000122. The van der Waals surface area contributed by atoms with Crippen LogP contribution in [0.1, 0.15) is 120 Å². The summed E-state index contributed by atoms with van der Waals surface area (Å²) in [4.78, 5) is 18.9. The maximum absolute atomic E-state index is 8.17. The van der Waals surface area contributed by atoms with Gasteiger partial charge in [-0.2, -0.15) is 0 Å². The van der Waals surface area contributed by atoms with Crippen molar-refractivity contribution in [2.75, 3.05) is 0 Å². The van der Waals surface area contributed by atoms with Gasteiger partial charge < -0.3 is 17.7 Å². The number of nitrogens with zero attached hydrogens (tertiary/aromatic N) is 8. The molecule has 0 aliphatic heterocycles. The first-order valence-electron chi connectivity index (χ1n) is 46.4. The zero-order valence-electron chi connectivity index (χ0n) is 83.6. The van der Waals surface area contributed by atoms with Crippen LogP contribution in [0.15, 0.2) is 206 Å². The molecule has 12 nitrogen and oxygen atoms in total. The van der Waals surface area contributed by atoms with Gasteiger partial charge in [0.15, 0.2) is 47.1 Å². The van der Waals surface area contributed by atoms with Crippen LogP contribution in [0.5, 0.6) is 0 Å². The fourth-order valence-electron chi connectivity index (χ4n) is 16.0. The number of hydrogen-bond acceptors (Lipinski definition) is 8. The van der Waals surface area contributed by atoms with Crippen LogP contribution in [0, 0.1) is 117 Å². The lowest BCUT2D eigenvalue weighted by Gasteiger charge is -2.09. The molecule has 0 atom stereocenters. The highest BCUT2D eigenvalue weighted by Gasteiger charge is 2.28. The van der Waals surface area contributed by atoms with Crippen LogP contribution in [0.4, 0.5) is 0 Å². The van der Waals surface area contributed by atoms with Gasteiger partial charge in [0.05, 0.1) is 49.7 Å². The summed E-state index contributed by atoms with van der Waals surface area (Å²) in [5.41, 5.74) is 27.9. The van der Waals surface area contributed by atoms with Gasteiger partial charge in [-0.05, 0) is 233 Å². The van der Waals surface area contributed by atoms with Crippen molar-refractivity contribution in [1.29, 1.82) is 0 Å². The SMILES string of the molecule is [2H]C([2H])([2H])c1c[n+](C)c(-c2c(C)cc(C([2H])([2H])[2H])c3c2oc2cc4ccccc4nc23)cc1C.[2H]C([2H])([2H])c1c[n+](C)c(-c2c(C)ccc3c2oc2cc4c(C)cccc4nc23)cc1C.[2H]C([2H])([2H])c1c[n+](C)c(-c2c(C)ccc3c2oc2cc4nc(C)cc(C([2H])([2H])[2H])c4cc23)cc1C.[2H]C([2H])([2H])c1c[n+](C)c(-c2c(C)ccc3c2oc2cc4nc(C)ccc4cc23)cc1C. The third-order valence-corrected chi connectivity index (χ3v) is 22.1. The summed E-state index contributed by atoms with van der Waals surface area (Å²) < 4.78 is 175. The second-order valence-electron chi connectivity index (χ2n) is 30.3. The van der Waals surface area contributed by atoms with E-state index >= 15 is 0 Å². The summed E-state index contributed by atoms with van der Waals surface area (Å²) in [5.74, 6) is 0. The van der Waals surface area contributed by atoms with Crippen LogP contribution in [0.25, 0.3) is 177 Å². The number of furan rings is 4. The molecule has 113 heavy (non-hydrogen) atoms. The smallest absolute Gasteiger partial charge is 0.216 e. The largest absolute Gasteiger partial charge is 0.455 e. The summed E-state index contributed by atoms with van der Waals surface area (Å²) in [6, 6.07) is 52.7. The van der Waals surface area contributed by atoms with E-state index in [0.717, 1.165) is 172 Å². The van der Waals surface area contributed by atoms with E-state index in [4.69, 9.17) is 52.3 Å². The Morgan fingerprint density at radius 2 is 0.699 bits per heavy atom. The maximum atomic E-state index is 8.17. The van der Waals surface area contributed by atoms with E-state index in [-0.39, 0.29) is 16.7 Å². The van der Waals surface area contributed by atoms with Crippen LogP contribution >= 0.6 is 0 Å². The highest BCUT2D eigenvalue weighted by Crippen LogP contribution is 2.44. The van der Waals surface area contributed by atoms with Gasteiger partial charge in [-0.3, -0.25) is 9.97 Å². The molecular formula is C101H94N8O4+4. The molecule has 0 saturated carbocycles. The molecule has 12 aromatic heterocycles. The average Bonchev–Trinajstić information content (AvgIpc) is 1.60. The molecule has 12 heterocycles. The summed E-state index contributed by atoms with van der Waals surface area (Å²) in [6.07, 6.45) is 6.67. The molecule has 0 fully saturated rings. The van der Waals surface area contributed by atoms with Gasteiger partial charge in [-0.1, -0.05) is 72.8 Å². The molecule has 0 amide bonds. The van der Waals surface area contributed by atoms with Crippen LogP contribution in [0.3, 0.4) is 0 Å². The first kappa shape index (κ1) is 54.8. The molecule has 8 aromatic carbocycles. The molecule has 0 spiro atoms. The molecule has 20 aromatic rings. The fraction of sp³-hybridized carbons (Fsp3) is 0.208. The number of benzene rings is 8. The molecule has 558 valence electrons. The predicted octanol–water partition coefficient (Wildman–Crippen LogP) is 23.7. The number of aromatic nitrogens is 8. The van der Waals surface area contributed by atoms with E-state index in [1.165, 1.54) is 0 Å². The molecule has 0 aliphatic rings.